The molecule has 0 amide bonds. The summed E-state index contributed by atoms with van der Waals surface area (Å²) in [5.74, 6) is 0.00301. The van der Waals surface area contributed by atoms with E-state index in [9.17, 15) is 4.39 Å². The summed E-state index contributed by atoms with van der Waals surface area (Å²) in [6.45, 7) is 0. The molecule has 6 heteroatoms. The highest BCUT2D eigenvalue weighted by molar-refractivity contribution is 7.98. The molecule has 4 N–H and O–H groups in total. The molecule has 2 rings (SSSR count). The van der Waals surface area contributed by atoms with E-state index >= 15 is 0 Å². The van der Waals surface area contributed by atoms with Crippen LogP contribution in [0.15, 0.2) is 35.7 Å². The minimum atomic E-state index is -0.350. The first-order valence-corrected chi connectivity index (χ1v) is 5.90. The standard InChI is InChI=1S/C11H11FN4S/c12-9-5-7(10(13)14)1-2-8(9)6-17-11-15-3-4-16-11/h1-5H,6H2,(H3,13,14)(H,15,16). The van der Waals surface area contributed by atoms with Crippen molar-refractivity contribution < 1.29 is 4.39 Å². The number of amidine groups is 1. The number of nitrogen functional groups attached to an aromatic ring is 1. The van der Waals surface area contributed by atoms with Crippen LogP contribution in [0.4, 0.5) is 4.39 Å². The molecule has 2 aromatic rings. The molecule has 0 atom stereocenters. The number of hydrogen-bond donors (Lipinski definition) is 3. The molecule has 0 spiro atoms. The minimum absolute atomic E-state index is 0.130. The number of aromatic nitrogens is 2. The number of aromatic amines is 1. The van der Waals surface area contributed by atoms with E-state index in [4.69, 9.17) is 11.1 Å². The fourth-order valence-corrected chi connectivity index (χ4v) is 2.12. The Morgan fingerprint density at radius 2 is 2.35 bits per heavy atom. The number of benzene rings is 1. The minimum Gasteiger partial charge on any atom is -0.384 e. The molecule has 1 aromatic carbocycles. The Morgan fingerprint density at radius 3 is 2.94 bits per heavy atom. The van der Waals surface area contributed by atoms with Crippen LogP contribution in [0.25, 0.3) is 0 Å². The topological polar surface area (TPSA) is 78.6 Å². The van der Waals surface area contributed by atoms with Gasteiger partial charge in [0.1, 0.15) is 11.7 Å². The summed E-state index contributed by atoms with van der Waals surface area (Å²) in [7, 11) is 0. The van der Waals surface area contributed by atoms with Crippen LogP contribution >= 0.6 is 11.8 Å². The Kier molecular flexibility index (Phi) is 3.43. The molecule has 4 nitrogen and oxygen atoms in total. The molecule has 0 aliphatic rings. The van der Waals surface area contributed by atoms with Crippen molar-refractivity contribution in [3.8, 4) is 0 Å². The predicted molar refractivity (Wildman–Crippen MR) is 65.6 cm³/mol. The molecule has 0 fully saturated rings. The first kappa shape index (κ1) is 11.7. The van der Waals surface area contributed by atoms with Crippen molar-refractivity contribution in [2.45, 2.75) is 10.9 Å². The van der Waals surface area contributed by atoms with Crippen LogP contribution in [0.1, 0.15) is 11.1 Å². The number of H-pyrrole nitrogens is 1. The summed E-state index contributed by atoms with van der Waals surface area (Å²) in [6, 6.07) is 4.56. The summed E-state index contributed by atoms with van der Waals surface area (Å²) >= 11 is 1.42. The van der Waals surface area contributed by atoms with Crippen molar-refractivity contribution in [3.05, 3.63) is 47.5 Å². The van der Waals surface area contributed by atoms with Gasteiger partial charge in [0.2, 0.25) is 0 Å². The molecule has 1 heterocycles. The van der Waals surface area contributed by atoms with Gasteiger partial charge >= 0.3 is 0 Å². The molecular formula is C11H11FN4S. The first-order chi connectivity index (χ1) is 8.16. The average Bonchev–Trinajstić information content (AvgIpc) is 2.80. The van der Waals surface area contributed by atoms with Crippen molar-refractivity contribution in [3.63, 3.8) is 0 Å². The maximum atomic E-state index is 13.6. The number of nitrogens with zero attached hydrogens (tertiary/aromatic N) is 1. The van der Waals surface area contributed by atoms with Crippen molar-refractivity contribution in [2.75, 3.05) is 0 Å². The molecule has 0 saturated heterocycles. The smallest absolute Gasteiger partial charge is 0.165 e. The third-order valence-electron chi connectivity index (χ3n) is 2.20. The predicted octanol–water partition coefficient (Wildman–Crippen LogP) is 2.13. The largest absolute Gasteiger partial charge is 0.384 e. The van der Waals surface area contributed by atoms with E-state index in [2.05, 4.69) is 9.97 Å². The Balaban J connectivity index is 2.09. The lowest BCUT2D eigenvalue weighted by Gasteiger charge is -2.04. The van der Waals surface area contributed by atoms with E-state index in [0.717, 1.165) is 5.16 Å². The van der Waals surface area contributed by atoms with Gasteiger partial charge in [-0.25, -0.2) is 9.37 Å². The van der Waals surface area contributed by atoms with E-state index in [1.54, 1.807) is 24.5 Å². The fourth-order valence-electron chi connectivity index (χ4n) is 1.31. The lowest BCUT2D eigenvalue weighted by Crippen LogP contribution is -2.11. The van der Waals surface area contributed by atoms with Gasteiger partial charge in [-0.1, -0.05) is 23.9 Å². The van der Waals surface area contributed by atoms with Crippen molar-refractivity contribution >= 4 is 17.6 Å². The van der Waals surface area contributed by atoms with Gasteiger partial charge in [-0.2, -0.15) is 0 Å². The molecule has 0 aliphatic carbocycles. The molecule has 0 saturated carbocycles. The number of imidazole rings is 1. The Bertz CT molecular complexity index is 524. The normalized spacial score (nSPS) is 10.4. The van der Waals surface area contributed by atoms with Crippen LogP contribution in [-0.2, 0) is 5.75 Å². The zero-order valence-corrected chi connectivity index (χ0v) is 9.72. The van der Waals surface area contributed by atoms with Crippen molar-refractivity contribution in [2.24, 2.45) is 5.73 Å². The van der Waals surface area contributed by atoms with Crippen LogP contribution < -0.4 is 5.73 Å². The van der Waals surface area contributed by atoms with Crippen molar-refractivity contribution in [1.82, 2.24) is 9.97 Å². The zero-order chi connectivity index (χ0) is 12.3. The van der Waals surface area contributed by atoms with Gasteiger partial charge in [-0.3, -0.25) is 5.41 Å². The number of nitrogens with two attached hydrogens (primary N) is 1. The summed E-state index contributed by atoms with van der Waals surface area (Å²) in [6.07, 6.45) is 3.37. The molecule has 17 heavy (non-hydrogen) atoms. The van der Waals surface area contributed by atoms with E-state index in [1.165, 1.54) is 17.8 Å². The molecule has 0 radical (unpaired) electrons. The maximum Gasteiger partial charge on any atom is 0.165 e. The summed E-state index contributed by atoms with van der Waals surface area (Å²) < 4.78 is 13.6. The fraction of sp³-hybridized carbons (Fsp3) is 0.0909. The summed E-state index contributed by atoms with van der Waals surface area (Å²) in [5.41, 5.74) is 6.24. The van der Waals surface area contributed by atoms with Crippen LogP contribution in [-0.4, -0.2) is 15.8 Å². The second kappa shape index (κ2) is 5.01. The van der Waals surface area contributed by atoms with Gasteiger partial charge in [-0.15, -0.1) is 0 Å². The number of halogens is 1. The highest BCUT2D eigenvalue weighted by Gasteiger charge is 2.06. The van der Waals surface area contributed by atoms with Gasteiger partial charge in [-0.05, 0) is 11.6 Å². The lowest BCUT2D eigenvalue weighted by atomic mass is 10.1. The molecule has 1 aromatic heterocycles. The van der Waals surface area contributed by atoms with Gasteiger partial charge < -0.3 is 10.7 Å². The number of rotatable bonds is 4. The molecule has 0 aliphatic heterocycles. The third kappa shape index (κ3) is 2.85. The SMILES string of the molecule is N=C(N)c1ccc(CSc2ncc[nH]2)c(F)c1. The highest BCUT2D eigenvalue weighted by atomic mass is 32.2. The van der Waals surface area contributed by atoms with Crippen LogP contribution in [0.2, 0.25) is 0 Å². The van der Waals surface area contributed by atoms with Gasteiger partial charge in [0, 0.05) is 23.7 Å². The second-order valence-corrected chi connectivity index (χ2v) is 4.37. The average molecular weight is 250 g/mol. The number of thioether (sulfide) groups is 1. The molecular weight excluding hydrogens is 239 g/mol. The maximum absolute atomic E-state index is 13.6. The Morgan fingerprint density at radius 1 is 1.53 bits per heavy atom. The molecule has 88 valence electrons. The Hall–Kier alpha value is -1.82. The van der Waals surface area contributed by atoms with Crippen LogP contribution in [0.5, 0.6) is 0 Å². The quantitative estimate of drug-likeness (QED) is 0.442. The van der Waals surface area contributed by atoms with E-state index in [-0.39, 0.29) is 11.7 Å². The lowest BCUT2D eigenvalue weighted by molar-refractivity contribution is 0.617. The second-order valence-electron chi connectivity index (χ2n) is 3.40. The number of nitrogens with one attached hydrogen (secondary N) is 2. The van der Waals surface area contributed by atoms with Gasteiger partial charge in [0.25, 0.3) is 0 Å². The molecule has 0 unspecified atom stereocenters. The van der Waals surface area contributed by atoms with E-state index < -0.39 is 0 Å². The van der Waals surface area contributed by atoms with E-state index in [1.807, 2.05) is 0 Å². The summed E-state index contributed by atoms with van der Waals surface area (Å²) in [4.78, 5) is 6.97. The summed E-state index contributed by atoms with van der Waals surface area (Å²) in [5, 5.41) is 7.96. The van der Waals surface area contributed by atoms with Gasteiger partial charge in [0.05, 0.1) is 0 Å². The van der Waals surface area contributed by atoms with Crippen molar-refractivity contribution in [1.29, 1.82) is 5.41 Å². The molecule has 0 bridgehead atoms. The first-order valence-electron chi connectivity index (χ1n) is 4.92. The highest BCUT2D eigenvalue weighted by Crippen LogP contribution is 2.21. The number of hydrogen-bond acceptors (Lipinski definition) is 3. The zero-order valence-electron chi connectivity index (χ0n) is 8.90. The van der Waals surface area contributed by atoms with Crippen LogP contribution in [0.3, 0.4) is 0 Å². The van der Waals surface area contributed by atoms with Gasteiger partial charge in [0.15, 0.2) is 5.16 Å². The monoisotopic (exact) mass is 250 g/mol. The van der Waals surface area contributed by atoms with E-state index in [0.29, 0.717) is 16.9 Å². The van der Waals surface area contributed by atoms with Crippen LogP contribution in [0, 0.1) is 11.2 Å². The third-order valence-corrected chi connectivity index (χ3v) is 3.15. The Labute approximate surface area is 102 Å².